The van der Waals surface area contributed by atoms with E-state index in [4.69, 9.17) is 23.2 Å². The highest BCUT2D eigenvalue weighted by Crippen LogP contribution is 2.66. The van der Waals surface area contributed by atoms with Gasteiger partial charge in [-0.15, -0.1) is 23.2 Å². The number of nitro groups is 1. The molecule has 3 fully saturated rings. The highest BCUT2D eigenvalue weighted by molar-refractivity contribution is 6.58. The molecule has 0 aromatic heterocycles. The van der Waals surface area contributed by atoms with Crippen molar-refractivity contribution in [1.82, 2.24) is 0 Å². The Balaban J connectivity index is 1.38. The largest absolute Gasteiger partial charge is 0.508 e. The predicted molar refractivity (Wildman–Crippen MR) is 160 cm³/mol. The molecule has 1 N–H and O–H groups in total. The van der Waals surface area contributed by atoms with Gasteiger partial charge in [0.25, 0.3) is 17.5 Å². The number of aromatic hydroxyl groups is 1. The normalized spacial score (nSPS) is 30.6. The van der Waals surface area contributed by atoms with Gasteiger partial charge in [0.05, 0.1) is 28.1 Å². The summed E-state index contributed by atoms with van der Waals surface area (Å²) < 4.78 is 13.8. The van der Waals surface area contributed by atoms with Crippen LogP contribution >= 0.6 is 23.2 Å². The van der Waals surface area contributed by atoms with Crippen molar-refractivity contribution in [2.45, 2.75) is 28.5 Å². The second-order valence-corrected chi connectivity index (χ2v) is 12.9. The minimum absolute atomic E-state index is 0.0392. The molecule has 0 unspecified atom stereocenters. The molecule has 7 rings (SSSR count). The van der Waals surface area contributed by atoms with Gasteiger partial charge in [-0.25, -0.2) is 14.2 Å². The van der Waals surface area contributed by atoms with Crippen LogP contribution in [0.25, 0.3) is 0 Å². The van der Waals surface area contributed by atoms with Gasteiger partial charge in [0, 0.05) is 18.1 Å². The molecule has 4 amide bonds. The Labute approximate surface area is 264 Å². The van der Waals surface area contributed by atoms with Gasteiger partial charge in [0.1, 0.15) is 11.6 Å². The van der Waals surface area contributed by atoms with Crippen LogP contribution < -0.4 is 9.80 Å². The zero-order valence-corrected chi connectivity index (χ0v) is 24.6. The number of alkyl halides is 2. The molecular formula is C32H22Cl2FN3O7. The number of allylic oxidation sites excluding steroid dienone is 2. The molecule has 3 aromatic carbocycles. The van der Waals surface area contributed by atoms with Crippen LogP contribution in [-0.4, -0.2) is 43.4 Å². The summed E-state index contributed by atoms with van der Waals surface area (Å²) in [6, 6.07) is 15.9. The van der Waals surface area contributed by atoms with E-state index in [0.717, 1.165) is 28.0 Å². The second-order valence-electron chi connectivity index (χ2n) is 11.6. The van der Waals surface area contributed by atoms with Crippen LogP contribution in [0.3, 0.4) is 0 Å². The molecule has 3 aromatic rings. The number of fused-ring (bicyclic) bond motifs is 4. The van der Waals surface area contributed by atoms with E-state index in [0.29, 0.717) is 11.1 Å². The fourth-order valence-electron chi connectivity index (χ4n) is 7.48. The molecule has 2 heterocycles. The van der Waals surface area contributed by atoms with Crippen molar-refractivity contribution in [2.24, 2.45) is 17.8 Å². The Hall–Kier alpha value is -4.61. The van der Waals surface area contributed by atoms with Crippen molar-refractivity contribution in [3.05, 3.63) is 106 Å². The SMILES string of the molecule is O=C1[C@H]2[C@H](CC=C3[C@H]2C[C@@]2(Cl)C(=O)N(c4ccc(F)cc4)C(=O)[C@@]2(Cl)[C@H]3c2cccc(O)c2)C(=O)N1c1cccc([N+](=O)[O-])c1. The van der Waals surface area contributed by atoms with E-state index in [9.17, 15) is 38.8 Å². The Kier molecular flexibility index (Phi) is 6.44. The van der Waals surface area contributed by atoms with Gasteiger partial charge in [0.2, 0.25) is 11.8 Å². The molecule has 10 nitrogen and oxygen atoms in total. The van der Waals surface area contributed by atoms with E-state index in [-0.39, 0.29) is 35.7 Å². The summed E-state index contributed by atoms with van der Waals surface area (Å²) in [5, 5.41) is 21.8. The van der Waals surface area contributed by atoms with Gasteiger partial charge in [-0.3, -0.25) is 29.3 Å². The van der Waals surface area contributed by atoms with Crippen molar-refractivity contribution in [2.75, 3.05) is 9.80 Å². The monoisotopic (exact) mass is 649 g/mol. The van der Waals surface area contributed by atoms with Gasteiger partial charge in [-0.05, 0) is 66.8 Å². The summed E-state index contributed by atoms with van der Waals surface area (Å²) in [5.41, 5.74) is 0.661. The second kappa shape index (κ2) is 9.95. The quantitative estimate of drug-likeness (QED) is 0.135. The number of carbonyl (C=O) groups is 4. The lowest BCUT2D eigenvalue weighted by atomic mass is 9.56. The highest BCUT2D eigenvalue weighted by Gasteiger charge is 2.76. The summed E-state index contributed by atoms with van der Waals surface area (Å²) in [6.45, 7) is 0. The Morgan fingerprint density at radius 3 is 2.27 bits per heavy atom. The first-order chi connectivity index (χ1) is 21.4. The van der Waals surface area contributed by atoms with Crippen LogP contribution in [0.1, 0.15) is 24.3 Å². The van der Waals surface area contributed by atoms with Gasteiger partial charge in [-0.1, -0.05) is 29.8 Å². The van der Waals surface area contributed by atoms with E-state index in [1.807, 2.05) is 0 Å². The molecule has 45 heavy (non-hydrogen) atoms. The maximum absolute atomic E-state index is 14.3. The molecule has 0 bridgehead atoms. The first-order valence-corrected chi connectivity index (χ1v) is 14.8. The minimum atomic E-state index is -2.13. The maximum Gasteiger partial charge on any atom is 0.271 e. The van der Waals surface area contributed by atoms with Gasteiger partial charge in [-0.2, -0.15) is 0 Å². The molecule has 1 saturated carbocycles. The standard InChI is InChI=1S/C32H22Cl2FN3O7/c33-31-15-24-22(11-12-23-25(24)28(41)36(27(23)40)19-4-2-5-20(14-19)38(44)45)26(16-3-1-6-21(39)13-16)32(31,34)30(43)37(29(31)42)18-9-7-17(35)8-10-18/h1-11,13-14,23-26,39H,12,15H2/t23-,24+,25-,26-,31+,32-/m0/s1. The number of hydrogen-bond acceptors (Lipinski definition) is 7. The smallest absolute Gasteiger partial charge is 0.271 e. The number of nitrogens with zero attached hydrogens (tertiary/aromatic N) is 3. The van der Waals surface area contributed by atoms with E-state index in [1.54, 1.807) is 18.2 Å². The van der Waals surface area contributed by atoms with E-state index >= 15 is 0 Å². The van der Waals surface area contributed by atoms with Crippen LogP contribution in [-0.2, 0) is 19.2 Å². The molecule has 6 atom stereocenters. The van der Waals surface area contributed by atoms with Crippen molar-refractivity contribution >= 4 is 63.9 Å². The van der Waals surface area contributed by atoms with Crippen LogP contribution in [0.15, 0.2) is 84.4 Å². The fraction of sp³-hybridized carbons (Fsp3) is 0.250. The zero-order valence-electron chi connectivity index (χ0n) is 23.1. The summed E-state index contributed by atoms with van der Waals surface area (Å²) in [4.78, 5) is 64.6. The van der Waals surface area contributed by atoms with Crippen molar-refractivity contribution in [3.8, 4) is 5.75 Å². The number of phenolic OH excluding ortho intramolecular Hbond substituents is 1. The third-order valence-electron chi connectivity index (χ3n) is 9.40. The number of carbonyl (C=O) groups excluding carboxylic acids is 4. The van der Waals surface area contributed by atoms with Gasteiger partial charge >= 0.3 is 0 Å². The lowest BCUT2D eigenvalue weighted by molar-refractivity contribution is -0.384. The van der Waals surface area contributed by atoms with Crippen molar-refractivity contribution in [1.29, 1.82) is 0 Å². The number of benzene rings is 3. The number of anilines is 2. The number of halogens is 3. The summed E-state index contributed by atoms with van der Waals surface area (Å²) >= 11 is 14.6. The lowest BCUT2D eigenvalue weighted by Gasteiger charge is -2.50. The molecule has 4 aliphatic rings. The number of phenols is 1. The van der Waals surface area contributed by atoms with Crippen LogP contribution in [0.5, 0.6) is 5.75 Å². The number of non-ortho nitro benzene ring substituents is 1. The number of rotatable bonds is 4. The van der Waals surface area contributed by atoms with Crippen LogP contribution in [0.2, 0.25) is 0 Å². The Morgan fingerprint density at radius 1 is 0.867 bits per heavy atom. The lowest BCUT2D eigenvalue weighted by Crippen LogP contribution is -2.60. The summed E-state index contributed by atoms with van der Waals surface area (Å²) in [6.07, 6.45) is 1.54. The fourth-order valence-corrected chi connectivity index (χ4v) is 8.41. The molecular weight excluding hydrogens is 628 g/mol. The third kappa shape index (κ3) is 3.93. The zero-order chi connectivity index (χ0) is 32.0. The number of nitro benzene ring substituents is 1. The molecule has 2 aliphatic carbocycles. The molecule has 2 aliphatic heterocycles. The Bertz CT molecular complexity index is 1880. The molecule has 0 spiro atoms. The molecule has 0 radical (unpaired) electrons. The average Bonchev–Trinajstić information content (AvgIpc) is 3.35. The third-order valence-corrected chi connectivity index (χ3v) is 10.8. The predicted octanol–water partition coefficient (Wildman–Crippen LogP) is 5.21. The van der Waals surface area contributed by atoms with E-state index in [1.165, 1.54) is 42.5 Å². The Morgan fingerprint density at radius 2 is 1.58 bits per heavy atom. The maximum atomic E-state index is 14.3. The first-order valence-electron chi connectivity index (χ1n) is 14.0. The van der Waals surface area contributed by atoms with Gasteiger partial charge < -0.3 is 5.11 Å². The van der Waals surface area contributed by atoms with Gasteiger partial charge in [0.15, 0.2) is 9.75 Å². The van der Waals surface area contributed by atoms with Crippen LogP contribution in [0.4, 0.5) is 21.5 Å². The summed E-state index contributed by atoms with van der Waals surface area (Å²) in [5.74, 6) is -7.45. The number of hydrogen-bond donors (Lipinski definition) is 1. The van der Waals surface area contributed by atoms with Crippen molar-refractivity contribution in [3.63, 3.8) is 0 Å². The van der Waals surface area contributed by atoms with Crippen LogP contribution in [0, 0.1) is 33.7 Å². The molecule has 13 heteroatoms. The number of imide groups is 2. The summed E-state index contributed by atoms with van der Waals surface area (Å²) in [7, 11) is 0. The van der Waals surface area contributed by atoms with E-state index < -0.39 is 67.8 Å². The minimum Gasteiger partial charge on any atom is -0.508 e. The first kappa shape index (κ1) is 29.1. The van der Waals surface area contributed by atoms with E-state index in [2.05, 4.69) is 0 Å². The highest BCUT2D eigenvalue weighted by atomic mass is 35.5. The topological polar surface area (TPSA) is 138 Å². The van der Waals surface area contributed by atoms with Crippen molar-refractivity contribution < 1.29 is 33.6 Å². The average molecular weight is 650 g/mol. The molecule has 228 valence electrons. The molecule has 2 saturated heterocycles. The number of amides is 4.